The van der Waals surface area contributed by atoms with E-state index in [0.29, 0.717) is 17.1 Å². The van der Waals surface area contributed by atoms with Crippen LogP contribution in [0.1, 0.15) is 17.5 Å². The number of hydrogen-bond donors (Lipinski definition) is 2. The van der Waals surface area contributed by atoms with Crippen LogP contribution in [0.4, 0.5) is 5.95 Å². The molecule has 2 fully saturated rings. The van der Waals surface area contributed by atoms with Gasteiger partial charge in [-0.15, -0.1) is 0 Å². The fourth-order valence-electron chi connectivity index (χ4n) is 3.13. The van der Waals surface area contributed by atoms with Gasteiger partial charge in [0.25, 0.3) is 0 Å². The molecule has 2 N–H and O–H groups in total. The zero-order chi connectivity index (χ0) is 16.0. The molecule has 8 heteroatoms. The zero-order valence-electron chi connectivity index (χ0n) is 12.3. The number of piperidine rings is 1. The van der Waals surface area contributed by atoms with Gasteiger partial charge in [-0.2, -0.15) is 0 Å². The number of nitrogens with zero attached hydrogens (tertiary/aromatic N) is 5. The zero-order valence-corrected chi connectivity index (χ0v) is 13.1. The minimum Gasteiger partial charge on any atom is -0.393 e. The van der Waals surface area contributed by atoms with Crippen molar-refractivity contribution in [1.29, 1.82) is 0 Å². The molecular formula is C15H16ClN5O2. The molecule has 120 valence electrons. The van der Waals surface area contributed by atoms with Crippen molar-refractivity contribution in [2.45, 2.75) is 12.0 Å². The largest absolute Gasteiger partial charge is 0.393 e. The van der Waals surface area contributed by atoms with Crippen LogP contribution >= 0.6 is 11.6 Å². The minimum atomic E-state index is -1.66. The molecule has 4 rings (SSSR count). The van der Waals surface area contributed by atoms with Crippen LogP contribution in [0.5, 0.6) is 0 Å². The summed E-state index contributed by atoms with van der Waals surface area (Å²) in [6.07, 6.45) is 7.16. The second-order valence-electron chi connectivity index (χ2n) is 6.19. The Balaban J connectivity index is 1.60. The van der Waals surface area contributed by atoms with Crippen LogP contribution in [-0.4, -0.2) is 49.8 Å². The molecule has 0 amide bonds. The van der Waals surface area contributed by atoms with Gasteiger partial charge in [0.2, 0.25) is 11.2 Å². The van der Waals surface area contributed by atoms with E-state index in [1.54, 1.807) is 0 Å². The Hall–Kier alpha value is -1.83. The number of aliphatic hydroxyl groups excluding tert-OH is 1. The van der Waals surface area contributed by atoms with Gasteiger partial charge < -0.3 is 15.1 Å². The summed E-state index contributed by atoms with van der Waals surface area (Å²) in [7, 11) is 0. The Morgan fingerprint density at radius 3 is 2.09 bits per heavy atom. The van der Waals surface area contributed by atoms with E-state index in [0.717, 1.165) is 24.9 Å². The van der Waals surface area contributed by atoms with Crippen molar-refractivity contribution in [2.24, 2.45) is 11.8 Å². The number of halogens is 1. The molecule has 0 aromatic carbocycles. The third kappa shape index (κ3) is 2.54. The number of anilines is 1. The molecule has 1 saturated carbocycles. The SMILES string of the molecule is OCC(O)(c1cnc(Cl)nc1)c1cnc(N2CC3CC3C2)nc1. The highest BCUT2D eigenvalue weighted by Gasteiger charge is 2.45. The first kappa shape index (κ1) is 14.7. The third-order valence-electron chi connectivity index (χ3n) is 4.70. The summed E-state index contributed by atoms with van der Waals surface area (Å²) in [6.45, 7) is 1.47. The maximum atomic E-state index is 10.8. The highest BCUT2D eigenvalue weighted by Crippen LogP contribution is 2.45. The first-order valence-electron chi connectivity index (χ1n) is 7.49. The van der Waals surface area contributed by atoms with Gasteiger partial charge in [-0.1, -0.05) is 0 Å². The number of aromatic nitrogens is 4. The lowest BCUT2D eigenvalue weighted by molar-refractivity contribution is 0.0162. The van der Waals surface area contributed by atoms with Crippen molar-refractivity contribution in [3.63, 3.8) is 0 Å². The summed E-state index contributed by atoms with van der Waals surface area (Å²) < 4.78 is 0. The number of rotatable bonds is 4. The fourth-order valence-corrected chi connectivity index (χ4v) is 3.23. The molecule has 1 aliphatic heterocycles. The van der Waals surface area contributed by atoms with Crippen LogP contribution < -0.4 is 4.90 Å². The predicted molar refractivity (Wildman–Crippen MR) is 83.0 cm³/mol. The van der Waals surface area contributed by atoms with Crippen LogP contribution in [0, 0.1) is 11.8 Å². The lowest BCUT2D eigenvalue weighted by atomic mass is 9.91. The van der Waals surface area contributed by atoms with Crippen molar-refractivity contribution >= 4 is 17.5 Å². The summed E-state index contributed by atoms with van der Waals surface area (Å²) >= 11 is 5.66. The second-order valence-corrected chi connectivity index (χ2v) is 6.53. The first-order chi connectivity index (χ1) is 11.1. The molecule has 2 aromatic heterocycles. The lowest BCUT2D eigenvalue weighted by Crippen LogP contribution is -2.33. The van der Waals surface area contributed by atoms with Crippen molar-refractivity contribution in [1.82, 2.24) is 19.9 Å². The maximum absolute atomic E-state index is 10.8. The Kier molecular flexibility index (Phi) is 3.44. The molecule has 0 spiro atoms. The van der Waals surface area contributed by atoms with Gasteiger partial charge in [-0.3, -0.25) is 0 Å². The molecule has 0 radical (unpaired) electrons. The van der Waals surface area contributed by atoms with E-state index in [2.05, 4.69) is 24.8 Å². The average molecular weight is 334 g/mol. The highest BCUT2D eigenvalue weighted by molar-refractivity contribution is 6.28. The molecule has 23 heavy (non-hydrogen) atoms. The quantitative estimate of drug-likeness (QED) is 0.791. The van der Waals surface area contributed by atoms with Crippen molar-refractivity contribution < 1.29 is 10.2 Å². The molecule has 2 aromatic rings. The van der Waals surface area contributed by atoms with E-state index in [-0.39, 0.29) is 5.28 Å². The molecule has 7 nitrogen and oxygen atoms in total. The van der Waals surface area contributed by atoms with Crippen molar-refractivity contribution in [3.05, 3.63) is 41.2 Å². The van der Waals surface area contributed by atoms with Crippen molar-refractivity contribution in [2.75, 3.05) is 24.6 Å². The molecule has 1 aliphatic carbocycles. The number of aliphatic hydroxyl groups is 2. The second kappa shape index (κ2) is 5.36. The molecule has 3 atom stereocenters. The van der Waals surface area contributed by atoms with E-state index in [4.69, 9.17) is 11.6 Å². The van der Waals surface area contributed by atoms with Crippen LogP contribution in [-0.2, 0) is 5.60 Å². The summed E-state index contributed by atoms with van der Waals surface area (Å²) in [5, 5.41) is 20.5. The Morgan fingerprint density at radius 1 is 1.04 bits per heavy atom. The molecule has 1 saturated heterocycles. The van der Waals surface area contributed by atoms with Gasteiger partial charge in [-0.05, 0) is 29.9 Å². The monoisotopic (exact) mass is 333 g/mol. The number of fused-ring (bicyclic) bond motifs is 1. The van der Waals surface area contributed by atoms with Crippen LogP contribution in [0.2, 0.25) is 5.28 Å². The number of hydrogen-bond acceptors (Lipinski definition) is 7. The summed E-state index contributed by atoms with van der Waals surface area (Å²) in [5.41, 5.74) is -0.932. The Bertz CT molecular complexity index is 701. The van der Waals surface area contributed by atoms with Crippen molar-refractivity contribution in [3.8, 4) is 0 Å². The van der Waals surface area contributed by atoms with Gasteiger partial charge in [0, 0.05) is 49.0 Å². The fraction of sp³-hybridized carbons (Fsp3) is 0.467. The van der Waals surface area contributed by atoms with E-state index in [1.165, 1.54) is 31.2 Å². The van der Waals surface area contributed by atoms with Crippen LogP contribution in [0.15, 0.2) is 24.8 Å². The lowest BCUT2D eigenvalue weighted by Gasteiger charge is -2.26. The van der Waals surface area contributed by atoms with Crippen LogP contribution in [0.3, 0.4) is 0 Å². The predicted octanol–water partition coefficient (Wildman–Crippen LogP) is 0.604. The molecule has 0 bridgehead atoms. The van der Waals surface area contributed by atoms with E-state index in [9.17, 15) is 10.2 Å². The van der Waals surface area contributed by atoms with Crippen LogP contribution in [0.25, 0.3) is 0 Å². The Morgan fingerprint density at radius 2 is 1.57 bits per heavy atom. The Labute approximate surface area is 138 Å². The standard InChI is InChI=1S/C15H16ClN5O2/c16-13-17-2-11(3-18-13)15(23,8-22)12-4-19-14(20-5-12)21-6-9-1-10(9)7-21/h2-5,9-10,22-23H,1,6-8H2. The van der Waals surface area contributed by atoms with E-state index in [1.807, 2.05) is 0 Å². The summed E-state index contributed by atoms with van der Waals surface area (Å²) in [6, 6.07) is 0. The molecule has 2 aliphatic rings. The summed E-state index contributed by atoms with van der Waals surface area (Å²) in [5.74, 6) is 2.24. The van der Waals surface area contributed by atoms with Gasteiger partial charge in [0.05, 0.1) is 6.61 Å². The average Bonchev–Trinajstić information content (AvgIpc) is 3.20. The molecular weight excluding hydrogens is 318 g/mol. The molecule has 3 heterocycles. The topological polar surface area (TPSA) is 95.3 Å². The summed E-state index contributed by atoms with van der Waals surface area (Å²) in [4.78, 5) is 18.6. The highest BCUT2D eigenvalue weighted by atomic mass is 35.5. The minimum absolute atomic E-state index is 0.0771. The normalized spacial score (nSPS) is 25.1. The van der Waals surface area contributed by atoms with E-state index < -0.39 is 12.2 Å². The van der Waals surface area contributed by atoms with Gasteiger partial charge in [0.15, 0.2) is 0 Å². The smallest absolute Gasteiger partial charge is 0.225 e. The first-order valence-corrected chi connectivity index (χ1v) is 7.86. The molecule has 3 unspecified atom stereocenters. The van der Waals surface area contributed by atoms with Gasteiger partial charge >= 0.3 is 0 Å². The third-order valence-corrected chi connectivity index (χ3v) is 4.90. The van der Waals surface area contributed by atoms with Gasteiger partial charge in [-0.25, -0.2) is 19.9 Å². The maximum Gasteiger partial charge on any atom is 0.225 e. The van der Waals surface area contributed by atoms with Gasteiger partial charge in [0.1, 0.15) is 5.60 Å². The van der Waals surface area contributed by atoms with E-state index >= 15 is 0 Å².